The molecule has 3 aliphatic heterocycles. The van der Waals surface area contributed by atoms with E-state index in [1.807, 2.05) is 32.6 Å². The quantitative estimate of drug-likeness (QED) is 0.0468. The Hall–Kier alpha value is -7.86. The fraction of sp³-hybridized carbons (Fsp3) is 0.373. The highest BCUT2D eigenvalue weighted by Crippen LogP contribution is 2.52. The minimum absolute atomic E-state index is 0.0226. The van der Waals surface area contributed by atoms with Gasteiger partial charge < -0.3 is 39.8 Å². The van der Waals surface area contributed by atoms with E-state index in [0.717, 1.165) is 30.7 Å². The van der Waals surface area contributed by atoms with E-state index in [2.05, 4.69) is 41.1 Å². The summed E-state index contributed by atoms with van der Waals surface area (Å²) in [5.74, 6) is -3.77. The third kappa shape index (κ3) is 11.6. The zero-order chi connectivity index (χ0) is 58.9. The predicted molar refractivity (Wildman–Crippen MR) is 299 cm³/mol. The highest BCUT2D eigenvalue weighted by Gasteiger charge is 2.44. The number of piperazine rings is 1. The number of aliphatic hydroxyl groups excluding tert-OH is 1. The minimum atomic E-state index is -5.04. The van der Waals surface area contributed by atoms with Gasteiger partial charge in [0, 0.05) is 72.4 Å². The van der Waals surface area contributed by atoms with Crippen LogP contribution in [0, 0.1) is 23.4 Å². The number of carbonyl (C=O) groups is 2. The van der Waals surface area contributed by atoms with Crippen LogP contribution in [0.2, 0.25) is 5.02 Å². The number of amides is 2. The number of halogens is 7. The van der Waals surface area contributed by atoms with Crippen LogP contribution < -0.4 is 25.0 Å². The smallest absolute Gasteiger partial charge is 0.417 e. The van der Waals surface area contributed by atoms with Crippen molar-refractivity contribution in [3.05, 3.63) is 130 Å². The molecule has 0 aliphatic carbocycles. The number of ether oxygens (including phenoxy) is 3. The molecule has 5 unspecified atom stereocenters. The van der Waals surface area contributed by atoms with Gasteiger partial charge in [-0.3, -0.25) is 14.7 Å². The first-order valence-corrected chi connectivity index (χ1v) is 27.7. The van der Waals surface area contributed by atoms with Gasteiger partial charge in [0.2, 0.25) is 11.8 Å². The van der Waals surface area contributed by atoms with Crippen LogP contribution >= 0.6 is 11.6 Å². The SMILES string of the molecule is CC.COCCOc1nc(N2CC3CC2CN3)c2cc(C(F)(F)F)c(-c3c(Cl)c(F)cc4[nH]ncc34)c(OCc3ccc(-c4cn(C(C(=O)N5CCCC5C(=O)NC(CO)c5ccc(-c6c(F)cccc6F)cc5)C(C)C)nn4)cc3)c2n1. The van der Waals surface area contributed by atoms with Gasteiger partial charge in [0.1, 0.15) is 59.8 Å². The second-order valence-electron chi connectivity index (χ2n) is 20.6. The zero-order valence-corrected chi connectivity index (χ0v) is 46.7. The van der Waals surface area contributed by atoms with Gasteiger partial charge in [-0.15, -0.1) is 5.10 Å². The molecule has 2 amide bonds. The number of methoxy groups -OCH3 is 1. The minimum Gasteiger partial charge on any atom is -0.486 e. The number of nitrogens with zero attached hydrogens (tertiary/aromatic N) is 8. The highest BCUT2D eigenvalue weighted by atomic mass is 35.5. The van der Waals surface area contributed by atoms with E-state index in [0.29, 0.717) is 48.3 Å². The Bertz CT molecular complexity index is 3640. The number of alkyl halides is 3. The number of fused-ring (bicyclic) bond motifs is 4. The molecule has 436 valence electrons. The molecule has 2 bridgehead atoms. The monoisotopic (exact) mass is 1170 g/mol. The maximum atomic E-state index is 15.8. The number of anilines is 1. The lowest BCUT2D eigenvalue weighted by Gasteiger charge is -2.30. The van der Waals surface area contributed by atoms with Crippen molar-refractivity contribution < 1.29 is 55.2 Å². The van der Waals surface area contributed by atoms with Crippen LogP contribution in [0.25, 0.3) is 55.3 Å². The van der Waals surface area contributed by atoms with Crippen molar-refractivity contribution in [3.63, 3.8) is 0 Å². The molecule has 4 N–H and O–H groups in total. The Kier molecular flexibility index (Phi) is 17.2. The summed E-state index contributed by atoms with van der Waals surface area (Å²) in [5.41, 5.74) is 0.0463. The average molecular weight is 1170 g/mol. The molecule has 17 nitrogen and oxygen atoms in total. The van der Waals surface area contributed by atoms with Crippen LogP contribution in [-0.2, 0) is 27.1 Å². The summed E-state index contributed by atoms with van der Waals surface area (Å²) in [6.45, 7) is 8.41. The fourth-order valence-electron chi connectivity index (χ4n) is 11.2. The van der Waals surface area contributed by atoms with Gasteiger partial charge >= 0.3 is 12.2 Å². The van der Waals surface area contributed by atoms with Crippen molar-refractivity contribution in [3.8, 4) is 45.3 Å². The van der Waals surface area contributed by atoms with Gasteiger partial charge in [-0.2, -0.15) is 28.2 Å². The number of nitrogens with one attached hydrogen (secondary N) is 3. The second-order valence-corrected chi connectivity index (χ2v) is 21.0. The number of aliphatic hydroxyl groups is 1. The lowest BCUT2D eigenvalue weighted by Crippen LogP contribution is -2.50. The number of likely N-dealkylation sites (tertiary alicyclic amines) is 1. The lowest BCUT2D eigenvalue weighted by molar-refractivity contribution is -0.142. The van der Waals surface area contributed by atoms with Gasteiger partial charge in [0.15, 0.2) is 5.75 Å². The largest absolute Gasteiger partial charge is 0.486 e. The Morgan fingerprint density at radius 1 is 0.904 bits per heavy atom. The van der Waals surface area contributed by atoms with E-state index < -0.39 is 70.4 Å². The van der Waals surface area contributed by atoms with Crippen LogP contribution in [0.1, 0.15) is 75.7 Å². The summed E-state index contributed by atoms with van der Waals surface area (Å²) in [7, 11) is 1.49. The van der Waals surface area contributed by atoms with Crippen molar-refractivity contribution in [1.82, 2.24) is 50.7 Å². The van der Waals surface area contributed by atoms with Gasteiger partial charge in [-0.25, -0.2) is 17.9 Å². The number of hydrogen-bond donors (Lipinski definition) is 4. The summed E-state index contributed by atoms with van der Waals surface area (Å²) < 4.78 is 111. The number of hydrogen-bond acceptors (Lipinski definition) is 13. The number of rotatable bonds is 18. The average Bonchev–Trinajstić information content (AvgIpc) is 2.19. The van der Waals surface area contributed by atoms with Crippen molar-refractivity contribution in [2.75, 3.05) is 51.5 Å². The van der Waals surface area contributed by atoms with Crippen LogP contribution in [-0.4, -0.2) is 122 Å². The molecule has 6 heterocycles. The topological polar surface area (TPSA) is 198 Å². The van der Waals surface area contributed by atoms with E-state index in [-0.39, 0.29) is 106 Å². The molecule has 3 saturated heterocycles. The molecule has 3 fully saturated rings. The van der Waals surface area contributed by atoms with Crippen molar-refractivity contribution in [2.45, 2.75) is 89.9 Å². The molecule has 8 aromatic rings. The Balaban J connectivity index is 0.00000381. The van der Waals surface area contributed by atoms with E-state index in [1.165, 1.54) is 41.1 Å². The number of aromatic nitrogens is 7. The summed E-state index contributed by atoms with van der Waals surface area (Å²) in [5, 5.41) is 31.6. The van der Waals surface area contributed by atoms with Gasteiger partial charge in [-0.05, 0) is 60.1 Å². The normalized spacial score (nSPS) is 17.5. The number of carbonyl (C=O) groups excluding carboxylic acids is 2. The van der Waals surface area contributed by atoms with Crippen molar-refractivity contribution in [2.24, 2.45) is 5.92 Å². The third-order valence-electron chi connectivity index (χ3n) is 15.2. The first kappa shape index (κ1) is 58.3. The lowest BCUT2D eigenvalue weighted by atomic mass is 9.93. The van der Waals surface area contributed by atoms with Crippen LogP contribution in [0.5, 0.6) is 11.8 Å². The first-order valence-electron chi connectivity index (χ1n) is 27.3. The Morgan fingerprint density at radius 3 is 2.30 bits per heavy atom. The zero-order valence-electron chi connectivity index (χ0n) is 45.9. The molecule has 5 atom stereocenters. The Morgan fingerprint density at radius 2 is 1.64 bits per heavy atom. The molecule has 0 spiro atoms. The summed E-state index contributed by atoms with van der Waals surface area (Å²) in [6.07, 6.45) is -0.512. The van der Waals surface area contributed by atoms with Crippen LogP contribution in [0.15, 0.2) is 91.3 Å². The van der Waals surface area contributed by atoms with E-state index in [4.69, 9.17) is 25.8 Å². The maximum Gasteiger partial charge on any atom is 0.417 e. The predicted octanol–water partition coefficient (Wildman–Crippen LogP) is 10.4. The molecule has 3 aromatic heterocycles. The highest BCUT2D eigenvalue weighted by molar-refractivity contribution is 6.35. The van der Waals surface area contributed by atoms with E-state index >= 15 is 17.6 Å². The van der Waals surface area contributed by atoms with Crippen LogP contribution in [0.4, 0.5) is 32.2 Å². The molecular formula is C59H60ClF6N11O6. The fourth-order valence-corrected chi connectivity index (χ4v) is 11.5. The van der Waals surface area contributed by atoms with E-state index in [1.54, 1.807) is 42.6 Å². The van der Waals surface area contributed by atoms with Crippen molar-refractivity contribution in [1.29, 1.82) is 0 Å². The number of aromatic amines is 1. The maximum absolute atomic E-state index is 15.8. The molecular weight excluding hydrogens is 1110 g/mol. The van der Waals surface area contributed by atoms with Crippen molar-refractivity contribution >= 4 is 51.0 Å². The molecule has 0 saturated carbocycles. The Labute approximate surface area is 478 Å². The molecule has 11 rings (SSSR count). The summed E-state index contributed by atoms with van der Waals surface area (Å²) in [4.78, 5) is 41.2. The summed E-state index contributed by atoms with van der Waals surface area (Å²) in [6, 6.07) is 15.8. The molecule has 83 heavy (non-hydrogen) atoms. The number of benzene rings is 5. The first-order chi connectivity index (χ1) is 40.0. The third-order valence-corrected chi connectivity index (χ3v) is 15.5. The molecule has 5 aromatic carbocycles. The summed E-state index contributed by atoms with van der Waals surface area (Å²) >= 11 is 6.67. The van der Waals surface area contributed by atoms with Gasteiger partial charge in [0.05, 0.1) is 53.3 Å². The molecule has 3 aliphatic rings. The van der Waals surface area contributed by atoms with Crippen LogP contribution in [0.3, 0.4) is 0 Å². The second kappa shape index (κ2) is 24.5. The molecule has 24 heteroatoms. The van der Waals surface area contributed by atoms with E-state index in [9.17, 15) is 23.5 Å². The molecule has 0 radical (unpaired) electrons. The van der Waals surface area contributed by atoms with Gasteiger partial charge in [0.25, 0.3) is 0 Å². The number of H-pyrrole nitrogens is 1. The van der Waals surface area contributed by atoms with Gasteiger partial charge in [-0.1, -0.05) is 99.1 Å². The standard InChI is InChI=1S/C57H54ClF6N11O6.C2H6/c1-29(2)51(55(78)73-17-5-8-45(73)54(77)67-44(27-76)32-13-15-33(16-14-32)46-39(59)6-4-7-40(46)60)75-26-43(71-72-75)31-11-9-30(10-12-31)28-81-52-48(47-37-24-66-70-42(37)22-41(61)49(47)58)38(57(62,63)64)21-36-50(52)68-56(80-19-18-79-3)69-53(36)74-25-34-20-35(74)23-65-34;1-2/h4,6-7,9-16,21-22,24,26,29,34-35,44-45,51,65,76H,5,8,17-20,23,25,27-28H2,1-3H3,(H,66,70)(H,67,77);1-2H3.